The number of nitrogens with two attached hydrogens (primary N) is 1. The Morgan fingerprint density at radius 1 is 1.38 bits per heavy atom. The summed E-state index contributed by atoms with van der Waals surface area (Å²) in [5.41, 5.74) is 5.68. The van der Waals surface area contributed by atoms with Gasteiger partial charge in [-0.2, -0.15) is 0 Å². The van der Waals surface area contributed by atoms with Crippen LogP contribution in [0.5, 0.6) is 0 Å². The Morgan fingerprint density at radius 3 is 2.25 bits per heavy atom. The van der Waals surface area contributed by atoms with Gasteiger partial charge in [-0.15, -0.1) is 0 Å². The van der Waals surface area contributed by atoms with E-state index in [-0.39, 0.29) is 17.6 Å². The van der Waals surface area contributed by atoms with Crippen LogP contribution in [0.25, 0.3) is 0 Å². The molecule has 0 bridgehead atoms. The zero-order valence-electron chi connectivity index (χ0n) is 11.3. The van der Waals surface area contributed by atoms with Crippen LogP contribution in [0.1, 0.15) is 27.7 Å². The van der Waals surface area contributed by atoms with E-state index in [0.29, 0.717) is 6.61 Å². The minimum Gasteiger partial charge on any atom is -0.465 e. The van der Waals surface area contributed by atoms with E-state index in [1.54, 1.807) is 6.92 Å². The van der Waals surface area contributed by atoms with E-state index in [1.807, 2.05) is 0 Å². The summed E-state index contributed by atoms with van der Waals surface area (Å²) in [5, 5.41) is 0.126. The first kappa shape index (κ1) is 15.6. The summed E-state index contributed by atoms with van der Waals surface area (Å²) in [6.45, 7) is 13.1. The highest BCUT2D eigenvalue weighted by molar-refractivity contribution is 6.74. The number of rotatable bonds is 5. The van der Waals surface area contributed by atoms with Crippen molar-refractivity contribution in [3.05, 3.63) is 0 Å². The summed E-state index contributed by atoms with van der Waals surface area (Å²) in [6, 6.07) is -0.672. The minimum atomic E-state index is -1.82. The predicted octanol–water partition coefficient (Wildman–Crippen LogP) is 1.90. The lowest BCUT2D eigenvalue weighted by atomic mass is 10.2. The van der Waals surface area contributed by atoms with Gasteiger partial charge in [-0.05, 0) is 25.1 Å². The fraction of sp³-hybridized carbons (Fsp3) is 0.909. The molecule has 0 amide bonds. The van der Waals surface area contributed by atoms with E-state index in [2.05, 4.69) is 33.9 Å². The van der Waals surface area contributed by atoms with Crippen LogP contribution < -0.4 is 5.73 Å². The van der Waals surface area contributed by atoms with Crippen LogP contribution in [0.15, 0.2) is 0 Å². The van der Waals surface area contributed by atoms with Crippen LogP contribution >= 0.6 is 0 Å². The molecule has 0 spiro atoms. The Morgan fingerprint density at radius 2 is 1.88 bits per heavy atom. The van der Waals surface area contributed by atoms with Gasteiger partial charge in [0.1, 0.15) is 6.04 Å². The summed E-state index contributed by atoms with van der Waals surface area (Å²) in [7, 11) is -1.82. The van der Waals surface area contributed by atoms with Gasteiger partial charge in [0, 0.05) is 0 Å². The molecule has 5 heteroatoms. The fourth-order valence-corrected chi connectivity index (χ4v) is 1.86. The summed E-state index contributed by atoms with van der Waals surface area (Å²) >= 11 is 0. The maximum atomic E-state index is 11.3. The quantitative estimate of drug-likeness (QED) is 0.595. The number of hydrogen-bond acceptors (Lipinski definition) is 4. The molecule has 0 aromatic rings. The van der Waals surface area contributed by atoms with Gasteiger partial charge in [0.05, 0.1) is 13.2 Å². The first-order chi connectivity index (χ1) is 7.12. The van der Waals surface area contributed by atoms with E-state index in [4.69, 9.17) is 14.9 Å². The molecule has 0 aromatic heterocycles. The van der Waals surface area contributed by atoms with Crippen molar-refractivity contribution >= 4 is 14.3 Å². The summed E-state index contributed by atoms with van der Waals surface area (Å²) in [5.74, 6) is -0.388. The van der Waals surface area contributed by atoms with Crippen LogP contribution in [-0.2, 0) is 14.0 Å². The third-order valence-electron chi connectivity index (χ3n) is 3.02. The minimum absolute atomic E-state index is 0.126. The van der Waals surface area contributed by atoms with Gasteiger partial charge < -0.3 is 14.9 Å². The molecule has 0 aliphatic heterocycles. The summed E-state index contributed by atoms with van der Waals surface area (Å²) in [6.07, 6.45) is 0. The van der Waals surface area contributed by atoms with Crippen molar-refractivity contribution in [3.8, 4) is 0 Å². The first-order valence-electron chi connectivity index (χ1n) is 5.68. The van der Waals surface area contributed by atoms with Gasteiger partial charge in [0.25, 0.3) is 0 Å². The molecule has 0 heterocycles. The SMILES string of the molecule is CCOC(=O)[C@@H](N)CO[Si](C)(C)C(C)(C)C. The van der Waals surface area contributed by atoms with Crippen molar-refractivity contribution in [3.63, 3.8) is 0 Å². The number of hydrogen-bond donors (Lipinski definition) is 1. The van der Waals surface area contributed by atoms with E-state index >= 15 is 0 Å². The molecule has 0 aromatic carbocycles. The second-order valence-electron chi connectivity index (χ2n) is 5.43. The molecule has 0 rings (SSSR count). The molecule has 0 aliphatic carbocycles. The number of carbonyl (C=O) groups excluding carboxylic acids is 1. The Hall–Kier alpha value is -0.393. The van der Waals surface area contributed by atoms with Crippen LogP contribution in [0, 0.1) is 0 Å². The van der Waals surface area contributed by atoms with Crippen molar-refractivity contribution in [2.45, 2.75) is 51.9 Å². The zero-order valence-corrected chi connectivity index (χ0v) is 12.3. The Labute approximate surface area is 99.6 Å². The monoisotopic (exact) mass is 247 g/mol. The van der Waals surface area contributed by atoms with Crippen LogP contribution in [0.4, 0.5) is 0 Å². The van der Waals surface area contributed by atoms with Crippen LogP contribution in [0.2, 0.25) is 18.1 Å². The predicted molar refractivity (Wildman–Crippen MR) is 67.8 cm³/mol. The third kappa shape index (κ3) is 4.63. The molecule has 0 fully saturated rings. The van der Waals surface area contributed by atoms with Gasteiger partial charge in [0.2, 0.25) is 0 Å². The van der Waals surface area contributed by atoms with Crippen LogP contribution in [-0.4, -0.2) is 33.5 Å². The van der Waals surface area contributed by atoms with Gasteiger partial charge >= 0.3 is 5.97 Å². The van der Waals surface area contributed by atoms with Crippen molar-refractivity contribution in [1.29, 1.82) is 0 Å². The smallest absolute Gasteiger partial charge is 0.325 e. The Kier molecular flexibility index (Phi) is 5.65. The first-order valence-corrected chi connectivity index (χ1v) is 8.59. The van der Waals surface area contributed by atoms with Gasteiger partial charge in [-0.3, -0.25) is 4.79 Å². The Bertz CT molecular complexity index is 236. The number of esters is 1. The van der Waals surface area contributed by atoms with Gasteiger partial charge in [-0.1, -0.05) is 20.8 Å². The maximum Gasteiger partial charge on any atom is 0.325 e. The lowest BCUT2D eigenvalue weighted by Gasteiger charge is -2.36. The van der Waals surface area contributed by atoms with Crippen molar-refractivity contribution in [2.75, 3.05) is 13.2 Å². The maximum absolute atomic E-state index is 11.3. The average molecular weight is 247 g/mol. The lowest BCUT2D eigenvalue weighted by Crippen LogP contribution is -2.46. The molecule has 0 unspecified atom stereocenters. The van der Waals surface area contributed by atoms with E-state index in [0.717, 1.165) is 0 Å². The lowest BCUT2D eigenvalue weighted by molar-refractivity contribution is -0.145. The van der Waals surface area contributed by atoms with Gasteiger partial charge in [0.15, 0.2) is 8.32 Å². The number of ether oxygens (including phenoxy) is 1. The molecule has 16 heavy (non-hydrogen) atoms. The molecule has 1 atom stereocenters. The molecule has 2 N–H and O–H groups in total. The van der Waals surface area contributed by atoms with E-state index < -0.39 is 14.4 Å². The molecular weight excluding hydrogens is 222 g/mol. The van der Waals surface area contributed by atoms with Crippen molar-refractivity contribution in [1.82, 2.24) is 0 Å². The normalized spacial score (nSPS) is 14.7. The molecule has 0 saturated heterocycles. The summed E-state index contributed by atoms with van der Waals surface area (Å²) in [4.78, 5) is 11.3. The third-order valence-corrected chi connectivity index (χ3v) is 7.52. The van der Waals surface area contributed by atoms with Crippen molar-refractivity contribution < 1.29 is 14.0 Å². The highest BCUT2D eigenvalue weighted by Crippen LogP contribution is 2.36. The highest BCUT2D eigenvalue weighted by atomic mass is 28.4. The Balaban J connectivity index is 4.20. The zero-order chi connectivity index (χ0) is 13.0. The largest absolute Gasteiger partial charge is 0.465 e. The van der Waals surface area contributed by atoms with Crippen molar-refractivity contribution in [2.24, 2.45) is 5.73 Å². The standard InChI is InChI=1S/C11H25NO3Si/c1-7-14-10(13)9(12)8-15-16(5,6)11(2,3)4/h9H,7-8,12H2,1-6H3/t9-/m0/s1. The van der Waals surface area contributed by atoms with E-state index in [1.165, 1.54) is 0 Å². The number of carbonyl (C=O) groups is 1. The second-order valence-corrected chi connectivity index (χ2v) is 10.2. The molecule has 0 aliphatic rings. The summed E-state index contributed by atoms with van der Waals surface area (Å²) < 4.78 is 10.7. The molecule has 0 radical (unpaired) electrons. The van der Waals surface area contributed by atoms with Crippen LogP contribution in [0.3, 0.4) is 0 Å². The second kappa shape index (κ2) is 5.79. The van der Waals surface area contributed by atoms with E-state index in [9.17, 15) is 4.79 Å². The average Bonchev–Trinajstić information content (AvgIpc) is 2.12. The molecule has 0 saturated carbocycles. The topological polar surface area (TPSA) is 61.5 Å². The molecule has 4 nitrogen and oxygen atoms in total. The fourth-order valence-electron chi connectivity index (χ4n) is 0.832. The molecule has 96 valence electrons. The molecular formula is C11H25NO3Si. The van der Waals surface area contributed by atoms with Gasteiger partial charge in [-0.25, -0.2) is 0 Å². The highest BCUT2D eigenvalue weighted by Gasteiger charge is 2.37.